The quantitative estimate of drug-likeness (QED) is 0.657. The number of aromatic nitrogens is 2. The molecule has 7 nitrogen and oxygen atoms in total. The molecule has 0 unspecified atom stereocenters. The lowest BCUT2D eigenvalue weighted by Crippen LogP contribution is -2.15. The van der Waals surface area contributed by atoms with Crippen LogP contribution in [0.2, 0.25) is 0 Å². The first-order valence-electron chi connectivity index (χ1n) is 4.69. The van der Waals surface area contributed by atoms with E-state index in [1.54, 1.807) is 0 Å². The maximum absolute atomic E-state index is 9.97. The first kappa shape index (κ1) is 11.1. The lowest BCUT2D eigenvalue weighted by atomic mass is 10.1. The normalized spacial score (nSPS) is 10.5. The van der Waals surface area contributed by atoms with Gasteiger partial charge in [-0.05, 0) is 0 Å². The summed E-state index contributed by atoms with van der Waals surface area (Å²) in [7, 11) is 2.70. The molecule has 0 bridgehead atoms. The Morgan fingerprint density at radius 2 is 1.94 bits per heavy atom. The van der Waals surface area contributed by atoms with Crippen LogP contribution in [-0.2, 0) is 0 Å². The van der Waals surface area contributed by atoms with Crippen LogP contribution in [0.15, 0.2) is 12.5 Å². The highest BCUT2D eigenvalue weighted by atomic mass is 16.5. The van der Waals surface area contributed by atoms with E-state index in [0.29, 0.717) is 4.73 Å². The lowest BCUT2D eigenvalue weighted by molar-refractivity contribution is 0.182. The molecular formula is C10H11N3O4. The van der Waals surface area contributed by atoms with E-state index < -0.39 is 0 Å². The first-order valence-corrected chi connectivity index (χ1v) is 4.69. The summed E-state index contributed by atoms with van der Waals surface area (Å²) in [4.78, 5) is 3.73. The molecule has 0 aromatic heterocycles. The molecule has 0 amide bonds. The Morgan fingerprint density at radius 3 is 2.53 bits per heavy atom. The molecule has 17 heavy (non-hydrogen) atoms. The maximum atomic E-state index is 9.97. The van der Waals surface area contributed by atoms with Crippen molar-refractivity contribution in [3.05, 3.63) is 17.9 Å². The minimum atomic E-state index is -0.305. The van der Waals surface area contributed by atoms with Gasteiger partial charge in [0.05, 0.1) is 19.8 Å². The van der Waals surface area contributed by atoms with Crippen LogP contribution < -0.4 is 14.8 Å². The summed E-state index contributed by atoms with van der Waals surface area (Å²) in [6.45, 7) is 0. The smallest absolute Gasteiger partial charge is 0.207 e. The van der Waals surface area contributed by atoms with E-state index in [-0.39, 0.29) is 33.9 Å². The lowest BCUT2D eigenvalue weighted by Gasteiger charge is -2.16. The van der Waals surface area contributed by atoms with E-state index >= 15 is 0 Å². The second-order valence-corrected chi connectivity index (χ2v) is 3.29. The first-order chi connectivity index (χ1) is 8.11. The van der Waals surface area contributed by atoms with Crippen molar-refractivity contribution in [3.8, 4) is 28.5 Å². The van der Waals surface area contributed by atoms with Crippen molar-refractivity contribution < 1.29 is 19.8 Å². The van der Waals surface area contributed by atoms with Gasteiger partial charge in [-0.15, -0.1) is 0 Å². The van der Waals surface area contributed by atoms with Gasteiger partial charge in [0.2, 0.25) is 5.75 Å². The Kier molecular flexibility index (Phi) is 2.51. The highest BCUT2D eigenvalue weighted by Crippen LogP contribution is 2.41. The number of phenolic OH excluding ortho intramolecular Hbond substituents is 1. The number of aromatic hydroxyl groups is 1. The average Bonchev–Trinajstić information content (AvgIpc) is 2.33. The van der Waals surface area contributed by atoms with Gasteiger partial charge in [0, 0.05) is 6.20 Å². The van der Waals surface area contributed by atoms with Gasteiger partial charge in [-0.2, -0.15) is 4.73 Å². The van der Waals surface area contributed by atoms with Gasteiger partial charge in [-0.1, -0.05) is 0 Å². The molecule has 1 aliphatic heterocycles. The number of nitrogens with zero attached hydrogens (tertiary/aromatic N) is 2. The molecule has 0 radical (unpaired) electrons. The molecular weight excluding hydrogens is 226 g/mol. The Labute approximate surface area is 96.3 Å². The van der Waals surface area contributed by atoms with E-state index in [2.05, 4.69) is 4.98 Å². The molecule has 0 aromatic rings. The Hall–Kier alpha value is -2.44. The summed E-state index contributed by atoms with van der Waals surface area (Å²) in [6.07, 6.45) is 2.46. The molecule has 90 valence electrons. The second kappa shape index (κ2) is 3.85. The van der Waals surface area contributed by atoms with E-state index in [9.17, 15) is 10.3 Å². The summed E-state index contributed by atoms with van der Waals surface area (Å²) < 4.78 is 10.6. The van der Waals surface area contributed by atoms with Crippen LogP contribution in [0.25, 0.3) is 11.3 Å². The van der Waals surface area contributed by atoms with E-state index in [1.807, 2.05) is 0 Å². The minimum absolute atomic E-state index is 0.000926. The molecule has 0 atom stereocenters. The highest BCUT2D eigenvalue weighted by molar-refractivity contribution is 5.74. The molecule has 0 aromatic carbocycles. The van der Waals surface area contributed by atoms with Crippen molar-refractivity contribution in [2.75, 3.05) is 14.2 Å². The third-order valence-corrected chi connectivity index (χ3v) is 2.41. The van der Waals surface area contributed by atoms with Gasteiger partial charge >= 0.3 is 0 Å². The number of ether oxygens (including phenoxy) is 2. The van der Waals surface area contributed by atoms with Crippen LogP contribution in [0.5, 0.6) is 17.2 Å². The van der Waals surface area contributed by atoms with Gasteiger partial charge in [0.15, 0.2) is 11.5 Å². The zero-order chi connectivity index (χ0) is 12.6. The van der Waals surface area contributed by atoms with Crippen LogP contribution in [0, 0.1) is 5.41 Å². The summed E-state index contributed by atoms with van der Waals surface area (Å²) in [6, 6.07) is 0. The van der Waals surface area contributed by atoms with Gasteiger partial charge < -0.3 is 19.8 Å². The molecule has 0 spiro atoms. The Balaban J connectivity index is 2.99. The summed E-state index contributed by atoms with van der Waals surface area (Å²) in [5.74, 6) is -0.218. The van der Waals surface area contributed by atoms with Crippen LogP contribution in [0.4, 0.5) is 0 Å². The predicted octanol–water partition coefficient (Wildman–Crippen LogP) is 0.427. The molecule has 2 aliphatic rings. The number of phenols is 1. The summed E-state index contributed by atoms with van der Waals surface area (Å²) >= 11 is 0. The van der Waals surface area contributed by atoms with Crippen molar-refractivity contribution in [3.63, 3.8) is 0 Å². The Morgan fingerprint density at radius 1 is 1.29 bits per heavy atom. The van der Waals surface area contributed by atoms with E-state index in [1.165, 1.54) is 20.4 Å². The third kappa shape index (κ3) is 1.43. The van der Waals surface area contributed by atoms with Crippen LogP contribution in [0.1, 0.15) is 0 Å². The van der Waals surface area contributed by atoms with Gasteiger partial charge in [-0.25, -0.2) is 4.98 Å². The number of nitrogens with one attached hydrogen (secondary N) is 1. The number of rotatable bonds is 2. The van der Waals surface area contributed by atoms with Crippen LogP contribution in [0.3, 0.4) is 0 Å². The van der Waals surface area contributed by atoms with E-state index in [4.69, 9.17) is 14.9 Å². The van der Waals surface area contributed by atoms with Gasteiger partial charge in [0.1, 0.15) is 17.4 Å². The minimum Gasteiger partial charge on any atom is -0.503 e. The molecule has 0 saturated carbocycles. The fraction of sp³-hybridized carbons (Fsp3) is 0.200. The molecule has 1 aliphatic carbocycles. The monoisotopic (exact) mass is 237 g/mol. The molecule has 1 heterocycles. The van der Waals surface area contributed by atoms with E-state index in [0.717, 1.165) is 6.33 Å². The van der Waals surface area contributed by atoms with Crippen molar-refractivity contribution in [2.45, 2.75) is 0 Å². The van der Waals surface area contributed by atoms with Crippen molar-refractivity contribution in [2.24, 2.45) is 0 Å². The second-order valence-electron chi connectivity index (χ2n) is 3.29. The van der Waals surface area contributed by atoms with Gasteiger partial charge in [-0.3, -0.25) is 5.41 Å². The molecule has 7 heteroatoms. The third-order valence-electron chi connectivity index (χ3n) is 2.41. The highest BCUT2D eigenvalue weighted by Gasteiger charge is 2.24. The number of fused-ring (bicyclic) bond motifs is 1. The van der Waals surface area contributed by atoms with Crippen LogP contribution in [-0.4, -0.2) is 34.2 Å². The van der Waals surface area contributed by atoms with Crippen LogP contribution >= 0.6 is 0 Å². The summed E-state index contributed by atoms with van der Waals surface area (Å²) in [5.41, 5.74) is 0.299. The number of methoxy groups -OCH3 is 2. The van der Waals surface area contributed by atoms with Gasteiger partial charge in [0.25, 0.3) is 0 Å². The zero-order valence-electron chi connectivity index (χ0n) is 9.26. The fourth-order valence-corrected chi connectivity index (χ4v) is 1.67. The number of benzene rings is 1. The fourth-order valence-electron chi connectivity index (χ4n) is 1.67. The Bertz CT molecular complexity index is 593. The average molecular weight is 237 g/mol. The molecule has 0 saturated heterocycles. The predicted molar refractivity (Wildman–Crippen MR) is 56.7 cm³/mol. The van der Waals surface area contributed by atoms with Crippen molar-refractivity contribution >= 4 is 0 Å². The molecule has 0 fully saturated rings. The topological polar surface area (TPSA) is 101 Å². The maximum Gasteiger partial charge on any atom is 0.207 e. The summed E-state index contributed by atoms with van der Waals surface area (Å²) in [5, 5.41) is 27.4. The molecule has 3 N–H and O–H groups in total. The largest absolute Gasteiger partial charge is 0.503 e. The number of hydrogen-bond donors (Lipinski definition) is 3. The van der Waals surface area contributed by atoms with Crippen molar-refractivity contribution in [1.82, 2.24) is 9.71 Å². The molecule has 2 rings (SSSR count). The standard InChI is InChI=1S/C10H11N3O4/c1-16-9-6(11)5-3-12-4-13(15)7(5)8(14)10(9)17-2/h3-4,11,14-15H,1-2H3. The zero-order valence-corrected chi connectivity index (χ0v) is 9.26. The number of hydrogen-bond acceptors (Lipinski definition) is 6. The van der Waals surface area contributed by atoms with Crippen molar-refractivity contribution in [1.29, 1.82) is 5.41 Å². The SMILES string of the molecule is COc1c(O)c2n(O)cncc-2c(=N)c1OC.